The Bertz CT molecular complexity index is 665. The summed E-state index contributed by atoms with van der Waals surface area (Å²) >= 11 is 0. The molecule has 0 bridgehead atoms. The molecule has 2 rings (SSSR count). The highest BCUT2D eigenvalue weighted by Crippen LogP contribution is 2.27. The lowest BCUT2D eigenvalue weighted by atomic mass is 9.96. The molecule has 0 unspecified atom stereocenters. The summed E-state index contributed by atoms with van der Waals surface area (Å²) in [4.78, 5) is 0. The molecule has 0 aliphatic rings. The van der Waals surface area contributed by atoms with Crippen molar-refractivity contribution in [1.29, 1.82) is 0 Å². The first-order valence-corrected chi connectivity index (χ1v) is 9.36. The molecule has 0 heterocycles. The van der Waals surface area contributed by atoms with Gasteiger partial charge in [-0.25, -0.2) is 0 Å². The molecule has 25 heavy (non-hydrogen) atoms. The van der Waals surface area contributed by atoms with Crippen LogP contribution in [0.4, 0.5) is 0 Å². The van der Waals surface area contributed by atoms with E-state index in [1.54, 1.807) is 6.07 Å². The fourth-order valence-electron chi connectivity index (χ4n) is 3.12. The van der Waals surface area contributed by atoms with Gasteiger partial charge in [-0.2, -0.15) is 0 Å². The van der Waals surface area contributed by atoms with Gasteiger partial charge in [-0.15, -0.1) is 0 Å². The quantitative estimate of drug-likeness (QED) is 0.245. The molecule has 0 aliphatic heterocycles. The Labute approximate surface area is 151 Å². The van der Waals surface area contributed by atoms with E-state index in [0.717, 1.165) is 24.0 Å². The number of unbranched alkanes of at least 4 members (excludes halogenated alkanes) is 6. The summed E-state index contributed by atoms with van der Waals surface area (Å²) in [6.07, 6.45) is 9.59. The summed E-state index contributed by atoms with van der Waals surface area (Å²) in [5.41, 5.74) is 2.69. The zero-order chi connectivity index (χ0) is 17.9. The first kappa shape index (κ1) is 19.0. The van der Waals surface area contributed by atoms with Gasteiger partial charge >= 0.3 is 0 Å². The van der Waals surface area contributed by atoms with Crippen molar-refractivity contribution in [3.05, 3.63) is 65.2 Å². The number of aryl methyl sites for hydroxylation is 1. The number of hydrogen-bond acceptors (Lipinski definition) is 3. The van der Waals surface area contributed by atoms with E-state index in [-0.39, 0.29) is 5.75 Å². The minimum Gasteiger partial charge on any atom is -0.507 e. The molecule has 2 aromatic carbocycles. The fraction of sp³-hybridized carbons (Fsp3) is 0.409. The number of para-hydroxylation sites is 1. The van der Waals surface area contributed by atoms with Gasteiger partial charge in [0.15, 0.2) is 0 Å². The van der Waals surface area contributed by atoms with Crippen molar-refractivity contribution in [2.24, 2.45) is 5.16 Å². The Morgan fingerprint density at radius 3 is 2.20 bits per heavy atom. The van der Waals surface area contributed by atoms with Crippen molar-refractivity contribution in [2.45, 2.75) is 58.3 Å². The number of hydrogen-bond donors (Lipinski definition) is 2. The number of benzene rings is 2. The van der Waals surface area contributed by atoms with Gasteiger partial charge in [-0.05, 0) is 24.5 Å². The van der Waals surface area contributed by atoms with Crippen LogP contribution in [0.25, 0.3) is 0 Å². The Kier molecular flexibility index (Phi) is 8.03. The SMILES string of the molecule is CCCCCCCCCc1cccc(C(=NO)c2ccccc2)c1O. The molecule has 0 atom stereocenters. The first-order chi connectivity index (χ1) is 12.3. The molecule has 0 saturated carbocycles. The predicted octanol–water partition coefficient (Wildman–Crippen LogP) is 5.91. The number of nitrogens with zero attached hydrogens (tertiary/aromatic N) is 1. The number of aromatic hydroxyl groups is 1. The molecule has 3 heteroatoms. The van der Waals surface area contributed by atoms with Crippen LogP contribution in [0.1, 0.15) is 68.6 Å². The van der Waals surface area contributed by atoms with Crippen molar-refractivity contribution in [1.82, 2.24) is 0 Å². The van der Waals surface area contributed by atoms with Gasteiger partial charge in [0.1, 0.15) is 11.5 Å². The highest BCUT2D eigenvalue weighted by molar-refractivity contribution is 6.14. The zero-order valence-electron chi connectivity index (χ0n) is 15.1. The van der Waals surface area contributed by atoms with Crippen molar-refractivity contribution < 1.29 is 10.3 Å². The van der Waals surface area contributed by atoms with E-state index >= 15 is 0 Å². The van der Waals surface area contributed by atoms with Gasteiger partial charge in [0, 0.05) is 11.1 Å². The minimum atomic E-state index is 0.227. The molecule has 0 amide bonds. The first-order valence-electron chi connectivity index (χ1n) is 9.36. The smallest absolute Gasteiger partial charge is 0.128 e. The van der Waals surface area contributed by atoms with Crippen LogP contribution < -0.4 is 0 Å². The van der Waals surface area contributed by atoms with Crippen molar-refractivity contribution >= 4 is 5.71 Å². The highest BCUT2D eigenvalue weighted by atomic mass is 16.4. The third-order valence-corrected chi connectivity index (χ3v) is 4.57. The van der Waals surface area contributed by atoms with Crippen LogP contribution in [0.3, 0.4) is 0 Å². The third kappa shape index (κ3) is 5.63. The molecular formula is C22H29NO2. The number of phenols is 1. The maximum absolute atomic E-state index is 10.6. The number of oxime groups is 1. The average Bonchev–Trinajstić information content (AvgIpc) is 2.65. The maximum Gasteiger partial charge on any atom is 0.128 e. The minimum absolute atomic E-state index is 0.227. The molecule has 0 radical (unpaired) electrons. The fourth-order valence-corrected chi connectivity index (χ4v) is 3.12. The van der Waals surface area contributed by atoms with E-state index in [9.17, 15) is 10.3 Å². The summed E-state index contributed by atoms with van der Waals surface area (Å²) in [7, 11) is 0. The van der Waals surface area contributed by atoms with E-state index in [2.05, 4.69) is 12.1 Å². The molecule has 3 nitrogen and oxygen atoms in total. The average molecular weight is 339 g/mol. The van der Waals surface area contributed by atoms with Crippen LogP contribution in [0, 0.1) is 0 Å². The van der Waals surface area contributed by atoms with E-state index in [1.165, 1.54) is 38.5 Å². The number of rotatable bonds is 10. The normalized spacial score (nSPS) is 11.6. The predicted molar refractivity (Wildman–Crippen MR) is 104 cm³/mol. The lowest BCUT2D eigenvalue weighted by Crippen LogP contribution is -2.05. The molecule has 0 saturated heterocycles. The lowest BCUT2D eigenvalue weighted by Gasteiger charge is -2.11. The molecule has 0 fully saturated rings. The summed E-state index contributed by atoms with van der Waals surface area (Å²) < 4.78 is 0. The Hall–Kier alpha value is -2.29. The Balaban J connectivity index is 1.99. The maximum atomic E-state index is 10.6. The van der Waals surface area contributed by atoms with E-state index in [1.807, 2.05) is 42.5 Å². The summed E-state index contributed by atoms with van der Waals surface area (Å²) in [5, 5.41) is 23.5. The van der Waals surface area contributed by atoms with Crippen LogP contribution in [0.15, 0.2) is 53.7 Å². The van der Waals surface area contributed by atoms with Gasteiger partial charge in [0.2, 0.25) is 0 Å². The number of phenolic OH excluding ortho intramolecular Hbond substituents is 1. The largest absolute Gasteiger partial charge is 0.507 e. The van der Waals surface area contributed by atoms with Gasteiger partial charge in [0.05, 0.1) is 0 Å². The summed E-state index contributed by atoms with van der Waals surface area (Å²) in [5.74, 6) is 0.227. The lowest BCUT2D eigenvalue weighted by molar-refractivity contribution is 0.319. The monoisotopic (exact) mass is 339 g/mol. The van der Waals surface area contributed by atoms with Crippen molar-refractivity contribution in [2.75, 3.05) is 0 Å². The second-order valence-electron chi connectivity index (χ2n) is 6.50. The second kappa shape index (κ2) is 10.5. The molecule has 2 aromatic rings. The van der Waals surface area contributed by atoms with Crippen LogP contribution in [-0.4, -0.2) is 16.0 Å². The van der Waals surface area contributed by atoms with E-state index in [4.69, 9.17) is 0 Å². The molecule has 134 valence electrons. The summed E-state index contributed by atoms with van der Waals surface area (Å²) in [6, 6.07) is 15.1. The Morgan fingerprint density at radius 1 is 0.840 bits per heavy atom. The van der Waals surface area contributed by atoms with Gasteiger partial charge < -0.3 is 10.3 Å². The van der Waals surface area contributed by atoms with Crippen LogP contribution >= 0.6 is 0 Å². The van der Waals surface area contributed by atoms with Crippen LogP contribution in [0.5, 0.6) is 5.75 Å². The summed E-state index contributed by atoms with van der Waals surface area (Å²) in [6.45, 7) is 2.23. The van der Waals surface area contributed by atoms with E-state index < -0.39 is 0 Å². The van der Waals surface area contributed by atoms with Crippen LogP contribution in [0.2, 0.25) is 0 Å². The van der Waals surface area contributed by atoms with E-state index in [0.29, 0.717) is 11.3 Å². The highest BCUT2D eigenvalue weighted by Gasteiger charge is 2.14. The van der Waals surface area contributed by atoms with Gasteiger partial charge in [0.25, 0.3) is 0 Å². The molecule has 0 spiro atoms. The molecular weight excluding hydrogens is 310 g/mol. The van der Waals surface area contributed by atoms with Gasteiger partial charge in [-0.3, -0.25) is 0 Å². The zero-order valence-corrected chi connectivity index (χ0v) is 15.1. The van der Waals surface area contributed by atoms with Gasteiger partial charge in [-0.1, -0.05) is 93.1 Å². The Morgan fingerprint density at radius 2 is 1.52 bits per heavy atom. The standard InChI is InChI=1S/C22H29NO2/c1-2-3-4-5-6-7-9-15-19-16-12-17-20(22(19)24)21(23-25)18-13-10-8-11-14-18/h8,10-14,16-17,24-25H,2-7,9,15H2,1H3. The molecule has 0 aromatic heterocycles. The van der Waals surface area contributed by atoms with Crippen molar-refractivity contribution in [3.8, 4) is 5.75 Å². The second-order valence-corrected chi connectivity index (χ2v) is 6.50. The third-order valence-electron chi connectivity index (χ3n) is 4.57. The van der Waals surface area contributed by atoms with Crippen molar-refractivity contribution in [3.63, 3.8) is 0 Å². The topological polar surface area (TPSA) is 52.8 Å². The molecule has 2 N–H and O–H groups in total. The van der Waals surface area contributed by atoms with Crippen LogP contribution in [-0.2, 0) is 6.42 Å². The molecule has 0 aliphatic carbocycles.